The maximum Gasteiger partial charge on any atom is 0.253 e. The Kier molecular flexibility index (Phi) is 5.10. The van der Waals surface area contributed by atoms with Crippen LogP contribution in [0.25, 0.3) is 0 Å². The van der Waals surface area contributed by atoms with Crippen LogP contribution in [0.2, 0.25) is 5.02 Å². The lowest BCUT2D eigenvalue weighted by molar-refractivity contribution is 0.0780. The second-order valence-electron chi connectivity index (χ2n) is 4.36. The van der Waals surface area contributed by atoms with E-state index >= 15 is 0 Å². The summed E-state index contributed by atoms with van der Waals surface area (Å²) in [5.41, 5.74) is 0.510. The van der Waals surface area contributed by atoms with Gasteiger partial charge in [0, 0.05) is 25.1 Å². The molecule has 0 bridgehead atoms. The zero-order chi connectivity index (χ0) is 13.8. The van der Waals surface area contributed by atoms with Crippen LogP contribution in [0.4, 0.5) is 0 Å². The summed E-state index contributed by atoms with van der Waals surface area (Å²) in [4.78, 5) is 13.3. The third-order valence-corrected chi connectivity index (χ3v) is 4.25. The molecule has 0 aromatic heterocycles. The maximum absolute atomic E-state index is 12.3. The Morgan fingerprint density at radius 1 is 1.53 bits per heavy atom. The first-order chi connectivity index (χ1) is 9.15. The molecule has 1 aliphatic rings. The van der Waals surface area contributed by atoms with E-state index in [4.69, 9.17) is 16.3 Å². The molecule has 1 unspecified atom stereocenters. The maximum atomic E-state index is 12.3. The molecule has 2 N–H and O–H groups in total. The predicted octanol–water partition coefficient (Wildman–Crippen LogP) is 1.78. The standard InChI is InChI=1S/C13H17ClN2O2S/c1-18-12-7-15-6-11(12)16-13(17)9-5-8(19-2)3-4-10(9)14/h3-5,11-12,15H,6-7H2,1-2H3,(H,16,17)/t11?,12-/m0/s1. The van der Waals surface area contributed by atoms with Crippen LogP contribution in [0.15, 0.2) is 23.1 Å². The van der Waals surface area contributed by atoms with Crippen molar-refractivity contribution >= 4 is 29.3 Å². The number of amides is 1. The van der Waals surface area contributed by atoms with Crippen molar-refractivity contribution in [2.24, 2.45) is 0 Å². The fourth-order valence-electron chi connectivity index (χ4n) is 2.10. The van der Waals surface area contributed by atoms with Crippen LogP contribution >= 0.6 is 23.4 Å². The van der Waals surface area contributed by atoms with E-state index in [2.05, 4.69) is 10.6 Å². The molecule has 1 heterocycles. The number of nitrogens with one attached hydrogen (secondary N) is 2. The Hall–Kier alpha value is -0.750. The number of carbonyl (C=O) groups excluding carboxylic acids is 1. The Morgan fingerprint density at radius 2 is 2.32 bits per heavy atom. The normalized spacial score (nSPS) is 22.5. The van der Waals surface area contributed by atoms with Crippen LogP contribution in [0.1, 0.15) is 10.4 Å². The van der Waals surface area contributed by atoms with E-state index in [0.717, 1.165) is 11.4 Å². The molecule has 1 aliphatic heterocycles. The topological polar surface area (TPSA) is 50.4 Å². The highest BCUT2D eigenvalue weighted by Gasteiger charge is 2.28. The van der Waals surface area contributed by atoms with Crippen LogP contribution in [0.5, 0.6) is 0 Å². The first-order valence-electron chi connectivity index (χ1n) is 6.03. The van der Waals surface area contributed by atoms with Crippen molar-refractivity contribution in [3.63, 3.8) is 0 Å². The van der Waals surface area contributed by atoms with Crippen LogP contribution < -0.4 is 10.6 Å². The van der Waals surface area contributed by atoms with Crippen molar-refractivity contribution in [2.45, 2.75) is 17.0 Å². The average molecular weight is 301 g/mol. The van der Waals surface area contributed by atoms with Crippen molar-refractivity contribution in [1.29, 1.82) is 0 Å². The number of benzene rings is 1. The number of rotatable bonds is 4. The third-order valence-electron chi connectivity index (χ3n) is 3.20. The third kappa shape index (κ3) is 3.42. The highest BCUT2D eigenvalue weighted by atomic mass is 35.5. The predicted molar refractivity (Wildman–Crippen MR) is 78.2 cm³/mol. The molecule has 0 spiro atoms. The highest BCUT2D eigenvalue weighted by Crippen LogP contribution is 2.23. The summed E-state index contributed by atoms with van der Waals surface area (Å²) in [6.07, 6.45) is 1.97. The molecule has 19 heavy (non-hydrogen) atoms. The second-order valence-corrected chi connectivity index (χ2v) is 5.64. The van der Waals surface area contributed by atoms with Crippen molar-refractivity contribution in [3.8, 4) is 0 Å². The minimum Gasteiger partial charge on any atom is -0.378 e. The van der Waals surface area contributed by atoms with Gasteiger partial charge >= 0.3 is 0 Å². The summed E-state index contributed by atoms with van der Waals surface area (Å²) in [6, 6.07) is 5.44. The first-order valence-corrected chi connectivity index (χ1v) is 7.64. The van der Waals surface area contributed by atoms with Crippen molar-refractivity contribution in [3.05, 3.63) is 28.8 Å². The SMILES string of the molecule is CO[C@H]1CNCC1NC(=O)c1cc(SC)ccc1Cl. The van der Waals surface area contributed by atoms with Gasteiger partial charge in [-0.15, -0.1) is 11.8 Å². The lowest BCUT2D eigenvalue weighted by Gasteiger charge is -2.19. The molecule has 1 saturated heterocycles. The molecule has 1 fully saturated rings. The molecule has 0 aliphatic carbocycles. The molecule has 0 radical (unpaired) electrons. The number of methoxy groups -OCH3 is 1. The molecule has 1 aromatic carbocycles. The van der Waals surface area contributed by atoms with Crippen LogP contribution in [0, 0.1) is 0 Å². The van der Waals surface area contributed by atoms with Gasteiger partial charge in [-0.05, 0) is 24.5 Å². The summed E-state index contributed by atoms with van der Waals surface area (Å²) in [5, 5.41) is 6.63. The van der Waals surface area contributed by atoms with E-state index in [9.17, 15) is 4.79 Å². The van der Waals surface area contributed by atoms with Gasteiger partial charge in [-0.3, -0.25) is 4.79 Å². The summed E-state index contributed by atoms with van der Waals surface area (Å²) >= 11 is 7.67. The number of thioether (sulfide) groups is 1. The van der Waals surface area contributed by atoms with Gasteiger partial charge < -0.3 is 15.4 Å². The van der Waals surface area contributed by atoms with Gasteiger partial charge in [-0.1, -0.05) is 11.6 Å². The van der Waals surface area contributed by atoms with Gasteiger partial charge in [0.15, 0.2) is 0 Å². The molecule has 1 aromatic rings. The zero-order valence-electron chi connectivity index (χ0n) is 10.9. The first kappa shape index (κ1) is 14.7. The van der Waals surface area contributed by atoms with E-state index in [-0.39, 0.29) is 18.1 Å². The zero-order valence-corrected chi connectivity index (χ0v) is 12.5. The summed E-state index contributed by atoms with van der Waals surface area (Å²) in [7, 11) is 1.65. The Bertz CT molecular complexity index is 470. The van der Waals surface area contributed by atoms with Crippen molar-refractivity contribution in [1.82, 2.24) is 10.6 Å². The smallest absolute Gasteiger partial charge is 0.253 e. The summed E-state index contributed by atoms with van der Waals surface area (Å²) in [5.74, 6) is -0.156. The van der Waals surface area contributed by atoms with Gasteiger partial charge in [0.1, 0.15) is 0 Å². The molecule has 104 valence electrons. The molecule has 1 amide bonds. The summed E-state index contributed by atoms with van der Waals surface area (Å²) in [6.45, 7) is 1.46. The highest BCUT2D eigenvalue weighted by molar-refractivity contribution is 7.98. The lowest BCUT2D eigenvalue weighted by atomic mass is 10.1. The summed E-state index contributed by atoms with van der Waals surface area (Å²) < 4.78 is 5.32. The number of hydrogen-bond donors (Lipinski definition) is 2. The van der Waals surface area contributed by atoms with Crippen molar-refractivity contribution in [2.75, 3.05) is 26.5 Å². The molecule has 2 atom stereocenters. The lowest BCUT2D eigenvalue weighted by Crippen LogP contribution is -2.43. The fraction of sp³-hybridized carbons (Fsp3) is 0.462. The Labute approximate surface area is 122 Å². The second kappa shape index (κ2) is 6.61. The van der Waals surface area contributed by atoms with Crippen LogP contribution in [-0.2, 0) is 4.74 Å². The van der Waals surface area contributed by atoms with E-state index in [1.54, 1.807) is 24.9 Å². The Balaban J connectivity index is 2.11. The van der Waals surface area contributed by atoms with E-state index in [0.29, 0.717) is 17.1 Å². The van der Waals surface area contributed by atoms with Gasteiger partial charge in [-0.2, -0.15) is 0 Å². The molecule has 2 rings (SSSR count). The molecular weight excluding hydrogens is 284 g/mol. The van der Waals surface area contributed by atoms with E-state index < -0.39 is 0 Å². The Morgan fingerprint density at radius 3 is 3.00 bits per heavy atom. The number of carbonyl (C=O) groups is 1. The van der Waals surface area contributed by atoms with Gasteiger partial charge in [0.2, 0.25) is 0 Å². The van der Waals surface area contributed by atoms with Crippen LogP contribution in [-0.4, -0.2) is 44.5 Å². The number of ether oxygens (including phenoxy) is 1. The molecule has 4 nitrogen and oxygen atoms in total. The van der Waals surface area contributed by atoms with Gasteiger partial charge in [-0.25, -0.2) is 0 Å². The van der Waals surface area contributed by atoms with Gasteiger partial charge in [0.25, 0.3) is 5.91 Å². The number of hydrogen-bond acceptors (Lipinski definition) is 4. The van der Waals surface area contributed by atoms with Crippen molar-refractivity contribution < 1.29 is 9.53 Å². The average Bonchev–Trinajstić information content (AvgIpc) is 2.86. The minimum atomic E-state index is -0.156. The molecular formula is C13H17ClN2O2S. The van der Waals surface area contributed by atoms with Gasteiger partial charge in [0.05, 0.1) is 22.7 Å². The molecule has 6 heteroatoms. The minimum absolute atomic E-state index is 0.00598. The fourth-order valence-corrected chi connectivity index (χ4v) is 2.74. The largest absolute Gasteiger partial charge is 0.378 e. The van der Waals surface area contributed by atoms with E-state index in [1.165, 1.54) is 0 Å². The monoisotopic (exact) mass is 300 g/mol. The quantitative estimate of drug-likeness (QED) is 0.832. The number of halogens is 1. The van der Waals surface area contributed by atoms with E-state index in [1.807, 2.05) is 18.4 Å². The molecule has 0 saturated carbocycles. The van der Waals surface area contributed by atoms with Crippen LogP contribution in [0.3, 0.4) is 0 Å².